The summed E-state index contributed by atoms with van der Waals surface area (Å²) in [4.78, 5) is 13.1. The molecule has 2 atom stereocenters. The molecule has 1 heterocycles. The van der Waals surface area contributed by atoms with Gasteiger partial charge in [0.05, 0.1) is 11.4 Å². The highest BCUT2D eigenvalue weighted by molar-refractivity contribution is 8.00. The van der Waals surface area contributed by atoms with Gasteiger partial charge in [0, 0.05) is 5.75 Å². The molecule has 3 heteroatoms. The van der Waals surface area contributed by atoms with E-state index < -0.39 is 0 Å². The van der Waals surface area contributed by atoms with Gasteiger partial charge < -0.3 is 0 Å². The number of carbonyl (C=O) groups excluding carboxylic acids is 1. The number of nitrogens with zero attached hydrogens (tertiary/aromatic N) is 1. The maximum absolute atomic E-state index is 10.9. The number of likely N-dealkylation sites (N-methyl/N-ethyl adjacent to an activating group) is 1. The summed E-state index contributed by atoms with van der Waals surface area (Å²) < 4.78 is 0. The van der Waals surface area contributed by atoms with Crippen molar-refractivity contribution in [3.63, 3.8) is 0 Å². The number of hydrogen-bond acceptors (Lipinski definition) is 3. The van der Waals surface area contributed by atoms with Gasteiger partial charge in [-0.15, -0.1) is 11.8 Å². The molecule has 0 aromatic carbocycles. The van der Waals surface area contributed by atoms with Gasteiger partial charge in [-0.05, 0) is 20.9 Å². The van der Waals surface area contributed by atoms with E-state index >= 15 is 0 Å². The van der Waals surface area contributed by atoms with Crippen LogP contribution in [0.15, 0.2) is 0 Å². The minimum Gasteiger partial charge on any atom is -0.298 e. The van der Waals surface area contributed by atoms with Crippen molar-refractivity contribution in [2.24, 2.45) is 0 Å². The van der Waals surface area contributed by atoms with Crippen LogP contribution in [0.2, 0.25) is 0 Å². The van der Waals surface area contributed by atoms with Crippen LogP contribution in [0.4, 0.5) is 0 Å². The van der Waals surface area contributed by atoms with Gasteiger partial charge in [-0.1, -0.05) is 13.8 Å². The van der Waals surface area contributed by atoms with E-state index in [0.29, 0.717) is 11.2 Å². The Labute approximate surface area is 79.7 Å². The van der Waals surface area contributed by atoms with Crippen LogP contribution < -0.4 is 0 Å². The van der Waals surface area contributed by atoms with Crippen molar-refractivity contribution in [3.8, 4) is 0 Å². The molecule has 0 saturated carbocycles. The van der Waals surface area contributed by atoms with Gasteiger partial charge in [-0.3, -0.25) is 9.69 Å². The molecule has 0 radical (unpaired) electrons. The Hall–Kier alpha value is -0.0200. The van der Waals surface area contributed by atoms with E-state index in [4.69, 9.17) is 0 Å². The Bertz CT molecular complexity index is 149. The van der Waals surface area contributed by atoms with Gasteiger partial charge in [0.1, 0.15) is 5.78 Å². The van der Waals surface area contributed by atoms with Crippen molar-refractivity contribution in [1.29, 1.82) is 0 Å². The molecule has 1 rings (SSSR count). The summed E-state index contributed by atoms with van der Waals surface area (Å²) in [6.07, 6.45) is 0. The first-order valence-corrected chi connectivity index (χ1v) is 5.52. The summed E-state index contributed by atoms with van der Waals surface area (Å²) in [5, 5.41) is 0.508. The molecule has 12 heavy (non-hydrogen) atoms. The van der Waals surface area contributed by atoms with E-state index in [1.54, 1.807) is 6.92 Å². The van der Waals surface area contributed by atoms with Gasteiger partial charge in [-0.2, -0.15) is 0 Å². The Kier molecular flexibility index (Phi) is 5.59. The smallest absolute Gasteiger partial charge is 0.147 e. The highest BCUT2D eigenvalue weighted by atomic mass is 32.2. The van der Waals surface area contributed by atoms with Crippen LogP contribution in [0.3, 0.4) is 0 Å². The third-order valence-corrected chi connectivity index (χ3v) is 3.35. The standard InChI is InChI=1S/C7H13NOS.C2H6/c1-5(9)7-4-10-6(2)8(7)3;1-2/h6-7H,4H2,1-3H3;1-2H3. The maximum atomic E-state index is 10.9. The van der Waals surface area contributed by atoms with Crippen molar-refractivity contribution >= 4 is 17.5 Å². The minimum atomic E-state index is 0.167. The zero-order valence-electron chi connectivity index (χ0n) is 8.63. The quantitative estimate of drug-likeness (QED) is 0.629. The molecule has 0 aromatic rings. The summed E-state index contributed by atoms with van der Waals surface area (Å²) in [6.45, 7) is 7.80. The van der Waals surface area contributed by atoms with Crippen molar-refractivity contribution in [2.45, 2.75) is 39.1 Å². The van der Waals surface area contributed by atoms with E-state index in [-0.39, 0.29) is 6.04 Å². The lowest BCUT2D eigenvalue weighted by Gasteiger charge is -2.19. The molecule has 0 amide bonds. The highest BCUT2D eigenvalue weighted by Gasteiger charge is 2.30. The van der Waals surface area contributed by atoms with E-state index in [9.17, 15) is 4.79 Å². The highest BCUT2D eigenvalue weighted by Crippen LogP contribution is 2.26. The molecule has 2 unspecified atom stereocenters. The number of Topliss-reactive ketones (excluding diaryl/α,β-unsaturated/α-hetero) is 1. The first-order valence-electron chi connectivity index (χ1n) is 4.47. The van der Waals surface area contributed by atoms with E-state index in [0.717, 1.165) is 5.75 Å². The number of hydrogen-bond donors (Lipinski definition) is 0. The molecule has 0 aliphatic carbocycles. The predicted octanol–water partition coefficient (Wildman–Crippen LogP) is 1.99. The number of ketones is 1. The largest absolute Gasteiger partial charge is 0.298 e. The second kappa shape index (κ2) is 5.60. The predicted molar refractivity (Wildman–Crippen MR) is 55.5 cm³/mol. The fourth-order valence-electron chi connectivity index (χ4n) is 1.12. The fourth-order valence-corrected chi connectivity index (χ4v) is 2.44. The topological polar surface area (TPSA) is 20.3 Å². The van der Waals surface area contributed by atoms with E-state index in [1.165, 1.54) is 0 Å². The van der Waals surface area contributed by atoms with Gasteiger partial charge in [0.2, 0.25) is 0 Å². The molecule has 0 bridgehead atoms. The monoisotopic (exact) mass is 189 g/mol. The van der Waals surface area contributed by atoms with Crippen LogP contribution in [0.25, 0.3) is 0 Å². The minimum absolute atomic E-state index is 0.167. The molecule has 1 aliphatic rings. The second-order valence-electron chi connectivity index (χ2n) is 2.72. The molecule has 0 N–H and O–H groups in total. The Balaban J connectivity index is 0.000000561. The van der Waals surface area contributed by atoms with Crippen LogP contribution in [-0.2, 0) is 4.79 Å². The van der Waals surface area contributed by atoms with Crippen molar-refractivity contribution in [1.82, 2.24) is 4.90 Å². The first kappa shape index (κ1) is 12.0. The third-order valence-electron chi connectivity index (χ3n) is 2.03. The van der Waals surface area contributed by atoms with E-state index in [2.05, 4.69) is 11.8 Å². The van der Waals surface area contributed by atoms with Gasteiger partial charge in [0.15, 0.2) is 0 Å². The van der Waals surface area contributed by atoms with E-state index in [1.807, 2.05) is 32.7 Å². The normalized spacial score (nSPS) is 29.4. The van der Waals surface area contributed by atoms with Gasteiger partial charge >= 0.3 is 0 Å². The summed E-state index contributed by atoms with van der Waals surface area (Å²) in [7, 11) is 2.01. The van der Waals surface area contributed by atoms with Crippen molar-refractivity contribution in [2.75, 3.05) is 12.8 Å². The molecule has 2 nitrogen and oxygen atoms in total. The Morgan fingerprint density at radius 1 is 1.50 bits per heavy atom. The van der Waals surface area contributed by atoms with Crippen LogP contribution in [-0.4, -0.2) is 34.9 Å². The zero-order chi connectivity index (χ0) is 9.72. The van der Waals surface area contributed by atoms with Crippen molar-refractivity contribution < 1.29 is 4.79 Å². The summed E-state index contributed by atoms with van der Waals surface area (Å²) in [5.74, 6) is 1.26. The Morgan fingerprint density at radius 3 is 2.17 bits per heavy atom. The molecular weight excluding hydrogens is 170 g/mol. The lowest BCUT2D eigenvalue weighted by Crippen LogP contribution is -2.36. The molecule has 72 valence electrons. The lowest BCUT2D eigenvalue weighted by atomic mass is 10.2. The molecule has 0 aromatic heterocycles. The number of carbonyl (C=O) groups is 1. The maximum Gasteiger partial charge on any atom is 0.147 e. The van der Waals surface area contributed by atoms with Crippen LogP contribution >= 0.6 is 11.8 Å². The molecule has 1 aliphatic heterocycles. The lowest BCUT2D eigenvalue weighted by molar-refractivity contribution is -0.120. The second-order valence-corrected chi connectivity index (χ2v) is 4.07. The Morgan fingerprint density at radius 2 is 2.00 bits per heavy atom. The SMILES string of the molecule is CC.CC(=O)C1CSC(C)N1C. The zero-order valence-corrected chi connectivity index (χ0v) is 9.44. The molecule has 0 spiro atoms. The first-order chi connectivity index (χ1) is 5.63. The molecule has 1 saturated heterocycles. The van der Waals surface area contributed by atoms with Crippen LogP contribution in [0.5, 0.6) is 0 Å². The fraction of sp³-hybridized carbons (Fsp3) is 0.889. The summed E-state index contributed by atoms with van der Waals surface area (Å²) in [5.41, 5.74) is 0. The average Bonchev–Trinajstić information content (AvgIpc) is 2.37. The summed E-state index contributed by atoms with van der Waals surface area (Å²) >= 11 is 1.85. The molecule has 1 fully saturated rings. The van der Waals surface area contributed by atoms with Gasteiger partial charge in [0.25, 0.3) is 0 Å². The molecular formula is C9H19NOS. The van der Waals surface area contributed by atoms with Crippen molar-refractivity contribution in [3.05, 3.63) is 0 Å². The number of rotatable bonds is 1. The third kappa shape index (κ3) is 2.79. The van der Waals surface area contributed by atoms with Crippen LogP contribution in [0.1, 0.15) is 27.7 Å². The average molecular weight is 189 g/mol. The number of thioether (sulfide) groups is 1. The van der Waals surface area contributed by atoms with Gasteiger partial charge in [-0.25, -0.2) is 0 Å². The summed E-state index contributed by atoms with van der Waals surface area (Å²) in [6, 6.07) is 0.167. The van der Waals surface area contributed by atoms with Crippen LogP contribution in [0, 0.1) is 0 Å².